The number of hydrogen-bond acceptors (Lipinski definition) is 6. The number of H-pyrrole nitrogens is 1. The number of carbonyl (C=O) groups excluding carboxylic acids is 1. The summed E-state index contributed by atoms with van der Waals surface area (Å²) >= 11 is 0. The molecule has 9 nitrogen and oxygen atoms in total. The molecule has 9 heteroatoms. The van der Waals surface area contributed by atoms with Crippen molar-refractivity contribution in [2.24, 2.45) is 12.5 Å². The van der Waals surface area contributed by atoms with E-state index in [0.29, 0.717) is 5.95 Å². The van der Waals surface area contributed by atoms with Crippen LogP contribution in [-0.4, -0.2) is 60.9 Å². The lowest BCUT2D eigenvalue weighted by molar-refractivity contribution is -0.143. The molecule has 0 bridgehead atoms. The van der Waals surface area contributed by atoms with Crippen LogP contribution in [0.1, 0.15) is 19.8 Å². The molecule has 1 saturated carbocycles. The Hall–Kier alpha value is -3.49. The standard InChI is InChI=1S/C21H24N8O/c1-21(19(30)28(2)3)8-13(9-21)24-20-23-11-15-14(10-22-18(15)25-20)12-5-6-16-17(7-12)29(4)27-26-16/h5-7,10-11,13H,8-9H2,1-4H3,(H2,22,23,24,25). The van der Waals surface area contributed by atoms with Gasteiger partial charge in [0.15, 0.2) is 0 Å². The highest BCUT2D eigenvalue weighted by molar-refractivity contribution is 5.95. The summed E-state index contributed by atoms with van der Waals surface area (Å²) in [6.45, 7) is 2.02. The van der Waals surface area contributed by atoms with Crippen LogP contribution in [0, 0.1) is 5.41 Å². The van der Waals surface area contributed by atoms with E-state index in [1.165, 1.54) is 0 Å². The number of aromatic nitrogens is 6. The topological polar surface area (TPSA) is 105 Å². The predicted molar refractivity (Wildman–Crippen MR) is 115 cm³/mol. The lowest BCUT2D eigenvalue weighted by Crippen LogP contribution is -2.52. The van der Waals surface area contributed by atoms with E-state index >= 15 is 0 Å². The molecule has 154 valence electrons. The molecule has 0 aliphatic heterocycles. The van der Waals surface area contributed by atoms with Gasteiger partial charge < -0.3 is 15.2 Å². The van der Waals surface area contributed by atoms with E-state index in [2.05, 4.69) is 36.6 Å². The van der Waals surface area contributed by atoms with E-state index in [0.717, 1.165) is 46.0 Å². The minimum Gasteiger partial charge on any atom is -0.351 e. The molecule has 1 fully saturated rings. The molecule has 30 heavy (non-hydrogen) atoms. The molecule has 0 radical (unpaired) electrons. The maximum absolute atomic E-state index is 12.3. The van der Waals surface area contributed by atoms with Gasteiger partial charge in [0.25, 0.3) is 0 Å². The highest BCUT2D eigenvalue weighted by Crippen LogP contribution is 2.43. The molecule has 0 spiro atoms. The summed E-state index contributed by atoms with van der Waals surface area (Å²) in [5, 5.41) is 12.5. The fraction of sp³-hybridized carbons (Fsp3) is 0.381. The van der Waals surface area contributed by atoms with Crippen molar-refractivity contribution < 1.29 is 4.79 Å². The molecule has 4 aromatic rings. The number of amides is 1. The van der Waals surface area contributed by atoms with Gasteiger partial charge in [-0.3, -0.25) is 4.79 Å². The van der Waals surface area contributed by atoms with E-state index in [4.69, 9.17) is 0 Å². The monoisotopic (exact) mass is 404 g/mol. The smallest absolute Gasteiger partial charge is 0.228 e. The minimum atomic E-state index is -0.301. The summed E-state index contributed by atoms with van der Waals surface area (Å²) in [5.74, 6) is 0.748. The molecule has 0 unspecified atom stereocenters. The molecule has 1 amide bonds. The van der Waals surface area contributed by atoms with Gasteiger partial charge in [-0.2, -0.15) is 4.98 Å². The van der Waals surface area contributed by atoms with Gasteiger partial charge in [-0.25, -0.2) is 9.67 Å². The summed E-state index contributed by atoms with van der Waals surface area (Å²) < 4.78 is 1.76. The molecule has 3 heterocycles. The zero-order valence-electron chi connectivity index (χ0n) is 17.5. The predicted octanol–water partition coefficient (Wildman–Crippen LogP) is 2.58. The molecule has 1 aromatic carbocycles. The number of aromatic amines is 1. The van der Waals surface area contributed by atoms with E-state index in [9.17, 15) is 4.79 Å². The Morgan fingerprint density at radius 1 is 1.33 bits per heavy atom. The van der Waals surface area contributed by atoms with Crippen molar-refractivity contribution >= 4 is 33.9 Å². The normalized spacial score (nSPS) is 21.0. The molecular weight excluding hydrogens is 380 g/mol. The number of anilines is 1. The number of hydrogen-bond donors (Lipinski definition) is 2. The molecule has 0 saturated heterocycles. The van der Waals surface area contributed by atoms with Crippen LogP contribution in [0.25, 0.3) is 33.2 Å². The number of fused-ring (bicyclic) bond motifs is 2. The Kier molecular flexibility index (Phi) is 4.02. The van der Waals surface area contributed by atoms with Crippen LogP contribution in [-0.2, 0) is 11.8 Å². The van der Waals surface area contributed by atoms with Crippen LogP contribution in [0.5, 0.6) is 0 Å². The molecular formula is C21H24N8O. The van der Waals surface area contributed by atoms with Crippen LogP contribution in [0.3, 0.4) is 0 Å². The zero-order chi connectivity index (χ0) is 21.0. The Balaban J connectivity index is 1.37. The fourth-order valence-corrected chi connectivity index (χ4v) is 4.44. The summed E-state index contributed by atoms with van der Waals surface area (Å²) in [5.41, 5.74) is 4.40. The molecule has 3 aromatic heterocycles. The number of aryl methyl sites for hydroxylation is 1. The summed E-state index contributed by atoms with van der Waals surface area (Å²) in [6.07, 6.45) is 5.34. The van der Waals surface area contributed by atoms with Crippen molar-refractivity contribution in [3.05, 3.63) is 30.6 Å². The van der Waals surface area contributed by atoms with Crippen LogP contribution in [0.4, 0.5) is 5.95 Å². The largest absolute Gasteiger partial charge is 0.351 e. The second-order valence-corrected chi connectivity index (χ2v) is 8.58. The average Bonchev–Trinajstić information content (AvgIpc) is 3.29. The maximum atomic E-state index is 12.3. The van der Waals surface area contributed by atoms with Crippen LogP contribution in [0.2, 0.25) is 0 Å². The third kappa shape index (κ3) is 2.89. The Bertz CT molecular complexity index is 1260. The average molecular weight is 404 g/mol. The van der Waals surface area contributed by atoms with Gasteiger partial charge in [0.05, 0.1) is 10.9 Å². The number of carbonyl (C=O) groups is 1. The third-order valence-electron chi connectivity index (χ3n) is 6.00. The van der Waals surface area contributed by atoms with E-state index < -0.39 is 0 Å². The number of rotatable bonds is 4. The minimum absolute atomic E-state index is 0.173. The fourth-order valence-electron chi connectivity index (χ4n) is 4.44. The van der Waals surface area contributed by atoms with Crippen LogP contribution < -0.4 is 5.32 Å². The van der Waals surface area contributed by atoms with Crippen molar-refractivity contribution in [2.45, 2.75) is 25.8 Å². The van der Waals surface area contributed by atoms with Gasteiger partial charge in [-0.05, 0) is 30.5 Å². The maximum Gasteiger partial charge on any atom is 0.228 e. The second-order valence-electron chi connectivity index (χ2n) is 8.58. The lowest BCUT2D eigenvalue weighted by atomic mass is 9.66. The van der Waals surface area contributed by atoms with Gasteiger partial charge in [0.1, 0.15) is 11.2 Å². The van der Waals surface area contributed by atoms with Crippen molar-refractivity contribution in [3.8, 4) is 11.1 Å². The summed E-state index contributed by atoms with van der Waals surface area (Å²) in [7, 11) is 5.49. The second kappa shape index (κ2) is 6.51. The number of nitrogens with one attached hydrogen (secondary N) is 2. The van der Waals surface area contributed by atoms with Crippen molar-refractivity contribution in [1.29, 1.82) is 0 Å². The van der Waals surface area contributed by atoms with Gasteiger partial charge in [0.2, 0.25) is 11.9 Å². The highest BCUT2D eigenvalue weighted by atomic mass is 16.2. The number of benzene rings is 1. The van der Waals surface area contributed by atoms with E-state index in [-0.39, 0.29) is 17.4 Å². The van der Waals surface area contributed by atoms with Crippen LogP contribution in [0.15, 0.2) is 30.6 Å². The quantitative estimate of drug-likeness (QED) is 0.542. The van der Waals surface area contributed by atoms with Crippen molar-refractivity contribution in [2.75, 3.05) is 19.4 Å². The van der Waals surface area contributed by atoms with Gasteiger partial charge >= 0.3 is 0 Å². The molecule has 1 aliphatic rings. The Morgan fingerprint density at radius 2 is 2.13 bits per heavy atom. The van der Waals surface area contributed by atoms with Gasteiger partial charge in [-0.15, -0.1) is 5.10 Å². The van der Waals surface area contributed by atoms with E-state index in [1.807, 2.05) is 38.5 Å². The van der Waals surface area contributed by atoms with Crippen LogP contribution >= 0.6 is 0 Å². The van der Waals surface area contributed by atoms with Crippen molar-refractivity contribution in [1.82, 2.24) is 34.8 Å². The SMILES string of the molecule is CN(C)C(=O)C1(C)CC(Nc2ncc3c(-c4ccc5nnn(C)c5c4)c[nH]c3n2)C1. The molecule has 1 aliphatic carbocycles. The van der Waals surface area contributed by atoms with Gasteiger partial charge in [-0.1, -0.05) is 18.2 Å². The summed E-state index contributed by atoms with van der Waals surface area (Å²) in [6, 6.07) is 6.27. The first-order chi connectivity index (χ1) is 14.3. The Labute approximate surface area is 173 Å². The highest BCUT2D eigenvalue weighted by Gasteiger charge is 2.47. The van der Waals surface area contributed by atoms with E-state index in [1.54, 1.807) is 23.7 Å². The third-order valence-corrected chi connectivity index (χ3v) is 6.00. The first-order valence-corrected chi connectivity index (χ1v) is 9.96. The lowest BCUT2D eigenvalue weighted by Gasteiger charge is -2.45. The Morgan fingerprint density at radius 3 is 2.90 bits per heavy atom. The number of nitrogens with zero attached hydrogens (tertiary/aromatic N) is 6. The first-order valence-electron chi connectivity index (χ1n) is 9.96. The first kappa shape index (κ1) is 18.5. The van der Waals surface area contributed by atoms with Gasteiger partial charge in [0, 0.05) is 50.5 Å². The molecule has 5 rings (SSSR count). The summed E-state index contributed by atoms with van der Waals surface area (Å²) in [4.78, 5) is 26.4. The zero-order valence-corrected chi connectivity index (χ0v) is 17.5. The molecule has 0 atom stereocenters. The van der Waals surface area contributed by atoms with Crippen molar-refractivity contribution in [3.63, 3.8) is 0 Å². The molecule has 2 N–H and O–H groups in total.